The van der Waals surface area contributed by atoms with Gasteiger partial charge in [0, 0.05) is 11.6 Å². The minimum absolute atomic E-state index is 0.214. The first kappa shape index (κ1) is 10.9. The summed E-state index contributed by atoms with van der Waals surface area (Å²) in [6, 6.07) is 1.04. The second-order valence-electron chi connectivity index (χ2n) is 2.96. The van der Waals surface area contributed by atoms with Gasteiger partial charge in [-0.3, -0.25) is 24.3 Å². The van der Waals surface area contributed by atoms with E-state index in [1.807, 2.05) is 0 Å². The molecule has 1 aromatic rings. The number of hydrogen-bond acceptors (Lipinski definition) is 4. The molecule has 80 valence electrons. The fourth-order valence-electron chi connectivity index (χ4n) is 1.12. The Hall–Kier alpha value is -2.18. The molecule has 15 heavy (non-hydrogen) atoms. The van der Waals surface area contributed by atoms with Crippen LogP contribution in [0.2, 0.25) is 0 Å². The maximum atomic E-state index is 11.2. The van der Waals surface area contributed by atoms with Crippen molar-refractivity contribution < 1.29 is 14.8 Å². The molecule has 0 saturated carbocycles. The van der Waals surface area contributed by atoms with Gasteiger partial charge in [0.15, 0.2) is 0 Å². The van der Waals surface area contributed by atoms with Crippen molar-refractivity contribution in [1.29, 1.82) is 0 Å². The van der Waals surface area contributed by atoms with E-state index in [1.54, 1.807) is 0 Å². The van der Waals surface area contributed by atoms with Crippen molar-refractivity contribution in [3.8, 4) is 0 Å². The molecule has 0 spiro atoms. The van der Waals surface area contributed by atoms with Crippen LogP contribution in [0.5, 0.6) is 0 Å². The monoisotopic (exact) mass is 212 g/mol. The topological polar surface area (TPSA) is 102 Å². The standard InChI is InChI=1S/C8H8N2O5/c1-5-2-7(11)9(4-8(12)13)3-6(5)10(14)15/h2-3H,4H2,1H3,(H,12,13). The summed E-state index contributed by atoms with van der Waals surface area (Å²) in [5.74, 6) is -1.23. The fourth-order valence-corrected chi connectivity index (χ4v) is 1.12. The highest BCUT2D eigenvalue weighted by molar-refractivity contribution is 5.66. The normalized spacial score (nSPS) is 9.93. The summed E-state index contributed by atoms with van der Waals surface area (Å²) in [7, 11) is 0. The molecule has 1 N–H and O–H groups in total. The molecular weight excluding hydrogens is 204 g/mol. The third-order valence-corrected chi connectivity index (χ3v) is 1.81. The van der Waals surface area contributed by atoms with Gasteiger partial charge >= 0.3 is 5.97 Å². The van der Waals surface area contributed by atoms with E-state index in [4.69, 9.17) is 5.11 Å². The van der Waals surface area contributed by atoms with Crippen LogP contribution in [-0.2, 0) is 11.3 Å². The molecule has 0 amide bonds. The van der Waals surface area contributed by atoms with E-state index in [0.29, 0.717) is 0 Å². The van der Waals surface area contributed by atoms with Crippen molar-refractivity contribution in [2.75, 3.05) is 0 Å². The first-order chi connectivity index (χ1) is 6.91. The van der Waals surface area contributed by atoms with Crippen LogP contribution in [0.25, 0.3) is 0 Å². The van der Waals surface area contributed by atoms with Crippen LogP contribution in [0, 0.1) is 17.0 Å². The maximum Gasteiger partial charge on any atom is 0.323 e. The molecule has 0 aliphatic rings. The van der Waals surface area contributed by atoms with Gasteiger partial charge in [-0.15, -0.1) is 0 Å². The molecule has 7 nitrogen and oxygen atoms in total. The van der Waals surface area contributed by atoms with Crippen LogP contribution in [0.4, 0.5) is 5.69 Å². The molecule has 0 aliphatic heterocycles. The van der Waals surface area contributed by atoms with Gasteiger partial charge in [-0.1, -0.05) is 0 Å². The average Bonchev–Trinajstić information content (AvgIpc) is 2.08. The zero-order valence-electron chi connectivity index (χ0n) is 7.84. The summed E-state index contributed by atoms with van der Waals surface area (Å²) in [6.07, 6.45) is 0.936. The number of pyridine rings is 1. The number of aliphatic carboxylic acids is 1. The van der Waals surface area contributed by atoms with Gasteiger partial charge < -0.3 is 5.11 Å². The number of nitro groups is 1. The van der Waals surface area contributed by atoms with Gasteiger partial charge in [0.05, 0.1) is 11.1 Å². The quantitative estimate of drug-likeness (QED) is 0.567. The maximum absolute atomic E-state index is 11.2. The van der Waals surface area contributed by atoms with Crippen molar-refractivity contribution in [3.63, 3.8) is 0 Å². The number of carboxylic acids is 1. The lowest BCUT2D eigenvalue weighted by Crippen LogP contribution is -2.23. The van der Waals surface area contributed by atoms with Crippen molar-refractivity contribution >= 4 is 11.7 Å². The predicted octanol–water partition coefficient (Wildman–Crippen LogP) is 0.150. The Kier molecular flexibility index (Phi) is 2.84. The van der Waals surface area contributed by atoms with E-state index in [0.717, 1.165) is 16.8 Å². The Balaban J connectivity index is 3.29. The van der Waals surface area contributed by atoms with Crippen molar-refractivity contribution in [2.24, 2.45) is 0 Å². The van der Waals surface area contributed by atoms with E-state index in [9.17, 15) is 19.7 Å². The Morgan fingerprint density at radius 1 is 1.67 bits per heavy atom. The number of carboxylic acid groups (broad SMARTS) is 1. The number of carbonyl (C=O) groups is 1. The molecule has 0 aliphatic carbocycles. The smallest absolute Gasteiger partial charge is 0.323 e. The highest BCUT2D eigenvalue weighted by atomic mass is 16.6. The number of hydrogen-bond donors (Lipinski definition) is 1. The number of rotatable bonds is 3. The van der Waals surface area contributed by atoms with Crippen molar-refractivity contribution in [2.45, 2.75) is 13.5 Å². The lowest BCUT2D eigenvalue weighted by atomic mass is 10.2. The van der Waals surface area contributed by atoms with Gasteiger partial charge in [-0.25, -0.2) is 0 Å². The summed E-state index contributed by atoms with van der Waals surface area (Å²) in [5, 5.41) is 19.0. The van der Waals surface area contributed by atoms with Crippen LogP contribution in [0.1, 0.15) is 5.56 Å². The van der Waals surface area contributed by atoms with E-state index in [1.165, 1.54) is 6.92 Å². The van der Waals surface area contributed by atoms with Crippen LogP contribution in [-0.4, -0.2) is 20.6 Å². The van der Waals surface area contributed by atoms with Crippen molar-refractivity contribution in [1.82, 2.24) is 4.57 Å². The molecule has 0 unspecified atom stereocenters. The van der Waals surface area contributed by atoms with E-state index in [2.05, 4.69) is 0 Å². The van der Waals surface area contributed by atoms with Crippen LogP contribution in [0.15, 0.2) is 17.1 Å². The molecule has 0 aromatic carbocycles. The second kappa shape index (κ2) is 3.91. The molecule has 1 heterocycles. The molecular formula is C8H8N2O5. The first-order valence-electron chi connectivity index (χ1n) is 3.99. The van der Waals surface area contributed by atoms with Gasteiger partial charge in [0.25, 0.3) is 11.2 Å². The molecule has 0 atom stereocenters. The molecule has 7 heteroatoms. The molecule has 0 fully saturated rings. The summed E-state index contributed by atoms with van der Waals surface area (Å²) in [4.78, 5) is 31.4. The van der Waals surface area contributed by atoms with E-state index in [-0.39, 0.29) is 11.3 Å². The highest BCUT2D eigenvalue weighted by Crippen LogP contribution is 2.13. The SMILES string of the molecule is Cc1cc(=O)n(CC(=O)O)cc1[N+](=O)[O-]. The van der Waals surface area contributed by atoms with Gasteiger partial charge in [0.2, 0.25) is 0 Å². The fraction of sp³-hybridized carbons (Fsp3) is 0.250. The Labute approximate surface area is 83.7 Å². The summed E-state index contributed by atoms with van der Waals surface area (Å²) >= 11 is 0. The summed E-state index contributed by atoms with van der Waals surface area (Å²) < 4.78 is 0.785. The summed E-state index contributed by atoms with van der Waals surface area (Å²) in [5.41, 5.74) is -0.622. The Morgan fingerprint density at radius 3 is 2.73 bits per heavy atom. The second-order valence-corrected chi connectivity index (χ2v) is 2.96. The minimum Gasteiger partial charge on any atom is -0.480 e. The zero-order valence-corrected chi connectivity index (χ0v) is 7.84. The molecule has 0 bridgehead atoms. The molecule has 1 aromatic heterocycles. The largest absolute Gasteiger partial charge is 0.480 e. The van der Waals surface area contributed by atoms with Gasteiger partial charge in [0.1, 0.15) is 6.54 Å². The van der Waals surface area contributed by atoms with E-state index < -0.39 is 23.0 Å². The van der Waals surface area contributed by atoms with Crippen LogP contribution in [0.3, 0.4) is 0 Å². The van der Waals surface area contributed by atoms with Gasteiger partial charge in [-0.05, 0) is 6.92 Å². The number of nitrogens with zero attached hydrogens (tertiary/aromatic N) is 2. The average molecular weight is 212 g/mol. The van der Waals surface area contributed by atoms with Crippen molar-refractivity contribution in [3.05, 3.63) is 38.3 Å². The number of aromatic nitrogens is 1. The third-order valence-electron chi connectivity index (χ3n) is 1.81. The van der Waals surface area contributed by atoms with Crippen LogP contribution >= 0.6 is 0 Å². The Bertz CT molecular complexity index is 476. The van der Waals surface area contributed by atoms with Gasteiger partial charge in [-0.2, -0.15) is 0 Å². The molecule has 1 rings (SSSR count). The van der Waals surface area contributed by atoms with E-state index >= 15 is 0 Å². The predicted molar refractivity (Wildman–Crippen MR) is 49.7 cm³/mol. The number of aryl methyl sites for hydroxylation is 1. The highest BCUT2D eigenvalue weighted by Gasteiger charge is 2.14. The third kappa shape index (κ3) is 2.39. The minimum atomic E-state index is -1.23. The molecule has 0 radical (unpaired) electrons. The lowest BCUT2D eigenvalue weighted by Gasteiger charge is -2.02. The zero-order chi connectivity index (χ0) is 11.6. The molecule has 0 saturated heterocycles. The summed E-state index contributed by atoms with van der Waals surface area (Å²) in [6.45, 7) is 0.838. The van der Waals surface area contributed by atoms with Crippen LogP contribution < -0.4 is 5.56 Å². The first-order valence-corrected chi connectivity index (χ1v) is 3.99. The Morgan fingerprint density at radius 2 is 2.27 bits per heavy atom. The lowest BCUT2D eigenvalue weighted by molar-refractivity contribution is -0.385.